The van der Waals surface area contributed by atoms with Crippen LogP contribution in [0.25, 0.3) is 0 Å². The lowest BCUT2D eigenvalue weighted by atomic mass is 10.0. The molecule has 86 valence electrons. The zero-order valence-electron chi connectivity index (χ0n) is 8.70. The van der Waals surface area contributed by atoms with Crippen LogP contribution in [0.5, 0.6) is 11.5 Å². The third-order valence-corrected chi connectivity index (χ3v) is 2.71. The monoisotopic (exact) mass is 242 g/mol. The topological polar surface area (TPSA) is 55.8 Å². The van der Waals surface area contributed by atoms with Crippen molar-refractivity contribution in [3.8, 4) is 11.5 Å². The molecule has 16 heavy (non-hydrogen) atoms. The predicted molar refractivity (Wildman–Crippen MR) is 58.5 cm³/mol. The zero-order valence-corrected chi connectivity index (χ0v) is 9.45. The molecule has 0 aromatic heterocycles. The number of hydrogen-bond acceptors (Lipinski definition) is 4. The van der Waals surface area contributed by atoms with E-state index in [0.29, 0.717) is 36.6 Å². The fourth-order valence-corrected chi connectivity index (χ4v) is 1.89. The van der Waals surface area contributed by atoms with Gasteiger partial charge in [0.1, 0.15) is 13.2 Å². The average molecular weight is 243 g/mol. The van der Waals surface area contributed by atoms with Gasteiger partial charge in [-0.3, -0.25) is 4.79 Å². The SMILES string of the molecule is CC(O)c1cc(Cl)c(C=O)c2c1OCCO2. The van der Waals surface area contributed by atoms with Crippen molar-refractivity contribution in [1.29, 1.82) is 0 Å². The maximum Gasteiger partial charge on any atom is 0.173 e. The van der Waals surface area contributed by atoms with Crippen LogP contribution in [0.15, 0.2) is 6.07 Å². The molecule has 0 radical (unpaired) electrons. The highest BCUT2D eigenvalue weighted by molar-refractivity contribution is 6.33. The van der Waals surface area contributed by atoms with Gasteiger partial charge in [0.25, 0.3) is 0 Å². The third kappa shape index (κ3) is 1.74. The van der Waals surface area contributed by atoms with E-state index >= 15 is 0 Å². The first-order valence-electron chi connectivity index (χ1n) is 4.90. The Morgan fingerprint density at radius 2 is 2.06 bits per heavy atom. The molecule has 0 spiro atoms. The van der Waals surface area contributed by atoms with Crippen LogP contribution in [0.2, 0.25) is 5.02 Å². The van der Waals surface area contributed by atoms with Gasteiger partial charge in [-0.2, -0.15) is 0 Å². The maximum absolute atomic E-state index is 10.9. The number of aliphatic hydroxyl groups excluding tert-OH is 1. The van der Waals surface area contributed by atoms with E-state index in [9.17, 15) is 9.90 Å². The minimum atomic E-state index is -0.728. The predicted octanol–water partition coefficient (Wildman–Crippen LogP) is 1.98. The Bertz CT molecular complexity index is 428. The molecule has 0 bridgehead atoms. The van der Waals surface area contributed by atoms with Crippen molar-refractivity contribution in [2.45, 2.75) is 13.0 Å². The quantitative estimate of drug-likeness (QED) is 0.806. The van der Waals surface area contributed by atoms with Gasteiger partial charge < -0.3 is 14.6 Å². The standard InChI is InChI=1S/C11H11ClO4/c1-6(14)7-4-9(12)8(5-13)11-10(7)15-2-3-16-11/h4-6,14H,2-3H2,1H3. The summed E-state index contributed by atoms with van der Waals surface area (Å²) >= 11 is 5.93. The molecule has 0 aliphatic carbocycles. The van der Waals surface area contributed by atoms with E-state index in [0.717, 1.165) is 0 Å². The minimum absolute atomic E-state index is 0.259. The molecular formula is C11H11ClO4. The number of hydrogen-bond donors (Lipinski definition) is 1. The van der Waals surface area contributed by atoms with Gasteiger partial charge >= 0.3 is 0 Å². The summed E-state index contributed by atoms with van der Waals surface area (Å²) in [5, 5.41) is 9.84. The molecule has 5 heteroatoms. The molecule has 1 aromatic carbocycles. The molecule has 4 nitrogen and oxygen atoms in total. The molecule has 0 saturated heterocycles. The van der Waals surface area contributed by atoms with Crippen molar-refractivity contribution in [3.05, 3.63) is 22.2 Å². The lowest BCUT2D eigenvalue weighted by Crippen LogP contribution is -2.18. The van der Waals surface area contributed by atoms with Gasteiger partial charge in [-0.25, -0.2) is 0 Å². The van der Waals surface area contributed by atoms with Crippen molar-refractivity contribution in [3.63, 3.8) is 0 Å². The van der Waals surface area contributed by atoms with Crippen LogP contribution in [0.4, 0.5) is 0 Å². The van der Waals surface area contributed by atoms with Gasteiger partial charge in [0.15, 0.2) is 17.8 Å². The van der Waals surface area contributed by atoms with Crippen molar-refractivity contribution in [2.24, 2.45) is 0 Å². The van der Waals surface area contributed by atoms with Crippen LogP contribution in [-0.4, -0.2) is 24.6 Å². The van der Waals surface area contributed by atoms with E-state index in [1.165, 1.54) is 6.07 Å². The number of ether oxygens (including phenoxy) is 2. The fourth-order valence-electron chi connectivity index (χ4n) is 1.64. The summed E-state index contributed by atoms with van der Waals surface area (Å²) in [6, 6.07) is 1.53. The second-order valence-electron chi connectivity index (χ2n) is 3.51. The van der Waals surface area contributed by atoms with Crippen molar-refractivity contribution < 1.29 is 19.4 Å². The number of benzene rings is 1. The van der Waals surface area contributed by atoms with Crippen molar-refractivity contribution in [2.75, 3.05) is 13.2 Å². The van der Waals surface area contributed by atoms with Gasteiger partial charge in [0.05, 0.1) is 16.7 Å². The second-order valence-corrected chi connectivity index (χ2v) is 3.92. The number of aliphatic hydroxyl groups is 1. The van der Waals surface area contributed by atoms with Gasteiger partial charge in [0.2, 0.25) is 0 Å². The first-order valence-corrected chi connectivity index (χ1v) is 5.28. The lowest BCUT2D eigenvalue weighted by Gasteiger charge is -2.24. The lowest BCUT2D eigenvalue weighted by molar-refractivity contribution is 0.110. The number of rotatable bonds is 2. The Labute approximate surface area is 97.7 Å². The molecule has 0 amide bonds. The Morgan fingerprint density at radius 1 is 1.44 bits per heavy atom. The average Bonchev–Trinajstić information content (AvgIpc) is 2.28. The van der Waals surface area contributed by atoms with Gasteiger partial charge in [-0.1, -0.05) is 11.6 Å². The van der Waals surface area contributed by atoms with Crippen molar-refractivity contribution in [1.82, 2.24) is 0 Å². The molecule has 2 rings (SSSR count). The summed E-state index contributed by atoms with van der Waals surface area (Å²) in [5.74, 6) is 0.734. The molecule has 1 aliphatic heterocycles. The van der Waals surface area contributed by atoms with E-state index < -0.39 is 6.10 Å². The number of fused-ring (bicyclic) bond motifs is 1. The molecule has 1 unspecified atom stereocenters. The van der Waals surface area contributed by atoms with Crippen LogP contribution in [0, 0.1) is 0 Å². The van der Waals surface area contributed by atoms with Crippen LogP contribution >= 0.6 is 11.6 Å². The molecule has 0 fully saturated rings. The normalized spacial score (nSPS) is 15.7. The summed E-state index contributed by atoms with van der Waals surface area (Å²) < 4.78 is 10.8. The summed E-state index contributed by atoms with van der Waals surface area (Å²) in [6.45, 7) is 2.37. The highest BCUT2D eigenvalue weighted by atomic mass is 35.5. The molecular weight excluding hydrogens is 232 g/mol. The molecule has 1 atom stereocenters. The highest BCUT2D eigenvalue weighted by Crippen LogP contribution is 2.42. The third-order valence-electron chi connectivity index (χ3n) is 2.40. The van der Waals surface area contributed by atoms with E-state index in [1.54, 1.807) is 6.92 Å². The summed E-state index contributed by atoms with van der Waals surface area (Å²) in [4.78, 5) is 10.9. The maximum atomic E-state index is 10.9. The number of carbonyl (C=O) groups excluding carboxylic acids is 1. The Morgan fingerprint density at radius 3 is 2.62 bits per heavy atom. The van der Waals surface area contributed by atoms with Crippen LogP contribution < -0.4 is 9.47 Å². The molecule has 1 heterocycles. The largest absolute Gasteiger partial charge is 0.486 e. The Balaban J connectivity index is 2.66. The summed E-state index contributed by atoms with van der Waals surface area (Å²) in [5.41, 5.74) is 0.797. The first kappa shape index (κ1) is 11.2. The fraction of sp³-hybridized carbons (Fsp3) is 0.364. The summed E-state index contributed by atoms with van der Waals surface area (Å²) in [6.07, 6.45) is -0.101. The highest BCUT2D eigenvalue weighted by Gasteiger charge is 2.24. The number of halogens is 1. The zero-order chi connectivity index (χ0) is 11.7. The smallest absolute Gasteiger partial charge is 0.173 e. The molecule has 0 saturated carbocycles. The van der Waals surface area contributed by atoms with E-state index in [1.807, 2.05) is 0 Å². The number of carbonyl (C=O) groups is 1. The van der Waals surface area contributed by atoms with Gasteiger partial charge in [0, 0.05) is 5.56 Å². The minimum Gasteiger partial charge on any atom is -0.486 e. The summed E-state index contributed by atoms with van der Waals surface area (Å²) in [7, 11) is 0. The van der Waals surface area contributed by atoms with Crippen LogP contribution in [0.1, 0.15) is 28.9 Å². The van der Waals surface area contributed by atoms with Gasteiger partial charge in [-0.15, -0.1) is 0 Å². The molecule has 1 aliphatic rings. The van der Waals surface area contributed by atoms with E-state index in [2.05, 4.69) is 0 Å². The molecule has 1 aromatic rings. The van der Waals surface area contributed by atoms with E-state index in [-0.39, 0.29) is 10.6 Å². The van der Waals surface area contributed by atoms with Crippen LogP contribution in [0.3, 0.4) is 0 Å². The van der Waals surface area contributed by atoms with Crippen molar-refractivity contribution >= 4 is 17.9 Å². The van der Waals surface area contributed by atoms with E-state index in [4.69, 9.17) is 21.1 Å². The van der Waals surface area contributed by atoms with Gasteiger partial charge in [-0.05, 0) is 13.0 Å². The Kier molecular flexibility index (Phi) is 3.03. The Hall–Kier alpha value is -1.26. The molecule has 1 N–H and O–H groups in total. The van der Waals surface area contributed by atoms with Crippen LogP contribution in [-0.2, 0) is 0 Å². The first-order chi connectivity index (χ1) is 7.65. The number of aldehydes is 1. The second kappa shape index (κ2) is 4.31.